The van der Waals surface area contributed by atoms with Crippen LogP contribution in [0.1, 0.15) is 25.0 Å². The molecule has 0 atom stereocenters. The first-order valence-corrected chi connectivity index (χ1v) is 13.8. The maximum Gasteiger partial charge on any atom is 0.416 e. The molecule has 0 aliphatic heterocycles. The lowest BCUT2D eigenvalue weighted by molar-refractivity contribution is -0.137. The Morgan fingerprint density at radius 1 is 0.946 bits per heavy atom. The molecule has 3 aromatic carbocycles. The summed E-state index contributed by atoms with van der Waals surface area (Å²) in [5, 5.41) is -0.923. The number of nitrogens with two attached hydrogens (primary N) is 1. The van der Waals surface area contributed by atoms with Gasteiger partial charge in [-0.1, -0.05) is 18.2 Å². The van der Waals surface area contributed by atoms with Crippen LogP contribution in [-0.2, 0) is 37.3 Å². The number of anilines is 1. The number of halogens is 3. The van der Waals surface area contributed by atoms with Gasteiger partial charge in [0, 0.05) is 0 Å². The number of nitrogens with one attached hydrogen (secondary N) is 1. The molecule has 0 radical (unpaired) electrons. The molecule has 37 heavy (non-hydrogen) atoms. The number of rotatable bonds is 8. The number of carbonyl (C=O) groups excluding carboxylic acids is 1. The van der Waals surface area contributed by atoms with E-state index in [1.54, 1.807) is 18.2 Å². The van der Waals surface area contributed by atoms with Crippen LogP contribution in [0.3, 0.4) is 0 Å². The second-order valence-corrected chi connectivity index (χ2v) is 12.5. The van der Waals surface area contributed by atoms with Gasteiger partial charge >= 0.3 is 6.18 Å². The number of alkyl halides is 3. The summed E-state index contributed by atoms with van der Waals surface area (Å²) in [5.41, 5.74) is 4.48. The molecule has 0 fully saturated rings. The molecule has 0 heterocycles. The van der Waals surface area contributed by atoms with Crippen LogP contribution >= 0.6 is 0 Å². The Labute approximate surface area is 212 Å². The van der Waals surface area contributed by atoms with Crippen LogP contribution in [0.2, 0.25) is 0 Å². The van der Waals surface area contributed by atoms with Gasteiger partial charge < -0.3 is 10.5 Å². The number of carbonyl (C=O) groups is 1. The van der Waals surface area contributed by atoms with Crippen LogP contribution < -0.4 is 15.2 Å². The molecular formula is C24H23F3N2O6S2. The van der Waals surface area contributed by atoms with Crippen LogP contribution in [0.4, 0.5) is 18.9 Å². The minimum atomic E-state index is -4.80. The summed E-state index contributed by atoms with van der Waals surface area (Å²) >= 11 is 0. The lowest BCUT2D eigenvalue weighted by Gasteiger charge is -2.15. The maximum atomic E-state index is 13.5. The van der Waals surface area contributed by atoms with Gasteiger partial charge in [-0.05, 0) is 67.9 Å². The highest BCUT2D eigenvalue weighted by molar-refractivity contribution is 7.91. The Balaban J connectivity index is 1.92. The van der Waals surface area contributed by atoms with Crippen molar-refractivity contribution in [1.82, 2.24) is 4.72 Å². The molecular weight excluding hydrogens is 533 g/mol. The third-order valence-electron chi connectivity index (χ3n) is 5.11. The first-order valence-electron chi connectivity index (χ1n) is 10.7. The smallest absolute Gasteiger partial charge is 0.416 e. The molecule has 0 saturated heterocycles. The number of benzene rings is 3. The normalized spacial score (nSPS) is 12.4. The van der Waals surface area contributed by atoms with Gasteiger partial charge in [0.15, 0.2) is 0 Å². The molecule has 0 spiro atoms. The van der Waals surface area contributed by atoms with Crippen molar-refractivity contribution in [3.8, 4) is 11.5 Å². The fourth-order valence-corrected chi connectivity index (χ4v) is 5.07. The van der Waals surface area contributed by atoms with Crippen molar-refractivity contribution in [2.75, 3.05) is 5.73 Å². The Morgan fingerprint density at radius 2 is 1.59 bits per heavy atom. The number of amides is 1. The molecule has 0 saturated carbocycles. The molecule has 3 rings (SSSR count). The predicted octanol–water partition coefficient (Wildman–Crippen LogP) is 4.31. The van der Waals surface area contributed by atoms with E-state index in [9.17, 15) is 34.8 Å². The minimum absolute atomic E-state index is 0.0309. The highest BCUT2D eigenvalue weighted by Gasteiger charge is 2.32. The number of sulfonamides is 1. The Morgan fingerprint density at radius 3 is 2.16 bits per heavy atom. The van der Waals surface area contributed by atoms with Gasteiger partial charge in [0.1, 0.15) is 11.5 Å². The van der Waals surface area contributed by atoms with Gasteiger partial charge in [-0.3, -0.25) is 9.52 Å². The van der Waals surface area contributed by atoms with E-state index < -0.39 is 49.2 Å². The standard InChI is InChI=1S/C24H23F3N2O6S2/c1-15(2)37(33,34)29-23(30)12-16-10-17(24(25,26)27)13-18(11-16)35-22-9-8-20(14-21(22)28)36(31,32)19-6-4-3-5-7-19/h3-11,13-15H,12,28H2,1-2H3,(H,29,30). The van der Waals surface area contributed by atoms with E-state index in [2.05, 4.69) is 0 Å². The first-order chi connectivity index (χ1) is 17.1. The Bertz CT molecular complexity index is 1520. The molecule has 1 amide bonds. The van der Waals surface area contributed by atoms with Gasteiger partial charge in [0.2, 0.25) is 25.8 Å². The maximum absolute atomic E-state index is 13.5. The summed E-state index contributed by atoms with van der Waals surface area (Å²) in [7, 11) is -7.87. The lowest BCUT2D eigenvalue weighted by Crippen LogP contribution is -2.36. The van der Waals surface area contributed by atoms with Crippen LogP contribution in [-0.4, -0.2) is 28.0 Å². The number of sulfone groups is 1. The number of hydrogen-bond donors (Lipinski definition) is 2. The molecule has 8 nitrogen and oxygen atoms in total. The molecule has 0 aliphatic rings. The average Bonchev–Trinajstić information content (AvgIpc) is 2.79. The minimum Gasteiger partial charge on any atom is -0.455 e. The van der Waals surface area contributed by atoms with E-state index in [0.717, 1.165) is 12.1 Å². The summed E-state index contributed by atoms with van der Waals surface area (Å²) < 4.78 is 97.2. The van der Waals surface area contributed by atoms with Gasteiger partial charge in [0.25, 0.3) is 0 Å². The zero-order chi connectivity index (χ0) is 27.6. The number of hydrogen-bond acceptors (Lipinski definition) is 7. The van der Waals surface area contributed by atoms with E-state index in [4.69, 9.17) is 10.5 Å². The topological polar surface area (TPSA) is 133 Å². The zero-order valence-electron chi connectivity index (χ0n) is 19.6. The van der Waals surface area contributed by atoms with Gasteiger partial charge in [-0.15, -0.1) is 0 Å². The van der Waals surface area contributed by atoms with E-state index in [0.29, 0.717) is 12.1 Å². The lowest BCUT2D eigenvalue weighted by atomic mass is 10.1. The van der Waals surface area contributed by atoms with Crippen LogP contribution in [0.5, 0.6) is 11.5 Å². The van der Waals surface area contributed by atoms with Crippen LogP contribution in [0.25, 0.3) is 0 Å². The molecule has 0 aliphatic carbocycles. The highest BCUT2D eigenvalue weighted by atomic mass is 32.2. The van der Waals surface area contributed by atoms with E-state index >= 15 is 0 Å². The van der Waals surface area contributed by atoms with E-state index in [1.807, 2.05) is 4.72 Å². The van der Waals surface area contributed by atoms with Crippen molar-refractivity contribution in [3.05, 3.63) is 77.9 Å². The Kier molecular flexibility index (Phi) is 7.89. The average molecular weight is 557 g/mol. The molecule has 13 heteroatoms. The summed E-state index contributed by atoms with van der Waals surface area (Å²) in [6, 6.07) is 13.6. The van der Waals surface area contributed by atoms with Crippen molar-refractivity contribution >= 4 is 31.5 Å². The fraction of sp³-hybridized carbons (Fsp3) is 0.208. The molecule has 0 bridgehead atoms. The highest BCUT2D eigenvalue weighted by Crippen LogP contribution is 2.36. The monoisotopic (exact) mass is 556 g/mol. The predicted molar refractivity (Wildman–Crippen MR) is 130 cm³/mol. The third kappa shape index (κ3) is 6.80. The van der Waals surface area contributed by atoms with Crippen molar-refractivity contribution in [2.45, 2.75) is 41.5 Å². The largest absolute Gasteiger partial charge is 0.455 e. The SMILES string of the molecule is CC(C)S(=O)(=O)NC(=O)Cc1cc(Oc2ccc(S(=O)(=O)c3ccccc3)cc2N)cc(C(F)(F)F)c1. The van der Waals surface area contributed by atoms with Crippen LogP contribution in [0, 0.1) is 0 Å². The summed E-state index contributed by atoms with van der Waals surface area (Å²) in [4.78, 5) is 12.1. The molecule has 0 aromatic heterocycles. The van der Waals surface area contributed by atoms with Gasteiger partial charge in [0.05, 0.1) is 32.7 Å². The van der Waals surface area contributed by atoms with E-state index in [1.165, 1.54) is 38.1 Å². The van der Waals surface area contributed by atoms with Gasteiger partial charge in [-0.2, -0.15) is 13.2 Å². The Hall–Kier alpha value is -3.58. The molecule has 0 unspecified atom stereocenters. The van der Waals surface area contributed by atoms with Crippen molar-refractivity contribution in [3.63, 3.8) is 0 Å². The van der Waals surface area contributed by atoms with Gasteiger partial charge in [-0.25, -0.2) is 16.8 Å². The number of ether oxygens (including phenoxy) is 1. The number of nitrogen functional groups attached to an aromatic ring is 1. The molecule has 3 aromatic rings. The van der Waals surface area contributed by atoms with Crippen molar-refractivity contribution in [2.24, 2.45) is 0 Å². The van der Waals surface area contributed by atoms with Crippen LogP contribution in [0.15, 0.2) is 76.5 Å². The van der Waals surface area contributed by atoms with Crippen molar-refractivity contribution < 1.29 is 39.5 Å². The fourth-order valence-electron chi connectivity index (χ4n) is 3.13. The third-order valence-corrected chi connectivity index (χ3v) is 8.63. The first kappa shape index (κ1) is 28.0. The second-order valence-electron chi connectivity index (χ2n) is 8.28. The second kappa shape index (κ2) is 10.4. The summed E-state index contributed by atoms with van der Waals surface area (Å²) in [6.07, 6.45) is -5.47. The quantitative estimate of drug-likeness (QED) is 0.395. The molecule has 3 N–H and O–H groups in total. The summed E-state index contributed by atoms with van der Waals surface area (Å²) in [5.74, 6) is -1.48. The molecule has 198 valence electrons. The zero-order valence-corrected chi connectivity index (χ0v) is 21.2. The van der Waals surface area contributed by atoms with E-state index in [-0.39, 0.29) is 32.5 Å². The summed E-state index contributed by atoms with van der Waals surface area (Å²) in [6.45, 7) is 2.68. The van der Waals surface area contributed by atoms with Crippen molar-refractivity contribution in [1.29, 1.82) is 0 Å².